The van der Waals surface area contributed by atoms with E-state index in [1.165, 1.54) is 23.5 Å². The molecule has 3 nitrogen and oxygen atoms in total. The zero-order chi connectivity index (χ0) is 10.6. The fraction of sp³-hybridized carbons (Fsp3) is 0.333. The summed E-state index contributed by atoms with van der Waals surface area (Å²) in [5, 5.41) is 13.4. The summed E-state index contributed by atoms with van der Waals surface area (Å²) in [5.74, 6) is 0. The zero-order valence-corrected chi connectivity index (χ0v) is 9.55. The number of hydroxylamine groups is 2. The van der Waals surface area contributed by atoms with Crippen molar-refractivity contribution in [2.24, 2.45) is 0 Å². The van der Waals surface area contributed by atoms with E-state index in [2.05, 4.69) is 0 Å². The lowest BCUT2D eigenvalue weighted by atomic mass is 10.4. The van der Waals surface area contributed by atoms with E-state index in [4.69, 9.17) is 16.4 Å². The number of aliphatic hydroxyl groups excluding tert-OH is 1. The molecule has 1 aromatic heterocycles. The molecule has 0 bridgehead atoms. The highest BCUT2D eigenvalue weighted by molar-refractivity contribution is 7.11. The standard InChI is InChI=1S/C9H12ClNO2S/c1-11(13-2)9(12)4-3-8-5-7(10)6-14-8/h3-6,9,12H,1-2H3/b4-3+. The Labute approximate surface area is 92.1 Å². The van der Waals surface area contributed by atoms with Gasteiger partial charge in [-0.25, -0.2) is 0 Å². The molecule has 0 aliphatic heterocycles. The van der Waals surface area contributed by atoms with E-state index in [0.29, 0.717) is 5.02 Å². The highest BCUT2D eigenvalue weighted by Gasteiger charge is 2.05. The van der Waals surface area contributed by atoms with Crippen LogP contribution in [0.3, 0.4) is 0 Å². The Kier molecular flexibility index (Phi) is 4.57. The molecule has 78 valence electrons. The van der Waals surface area contributed by atoms with Gasteiger partial charge >= 0.3 is 0 Å². The summed E-state index contributed by atoms with van der Waals surface area (Å²) in [6, 6.07) is 1.84. The molecule has 0 saturated carbocycles. The Hall–Kier alpha value is -0.390. The third-order valence-corrected chi connectivity index (χ3v) is 2.93. The van der Waals surface area contributed by atoms with Crippen LogP contribution in [0.4, 0.5) is 0 Å². The molecule has 1 N–H and O–H groups in total. The quantitative estimate of drug-likeness (QED) is 0.640. The Morgan fingerprint density at radius 2 is 2.43 bits per heavy atom. The molecule has 0 aliphatic carbocycles. The molecular weight excluding hydrogens is 222 g/mol. The van der Waals surface area contributed by atoms with Crippen LogP contribution in [0.1, 0.15) is 4.88 Å². The van der Waals surface area contributed by atoms with Crippen molar-refractivity contribution in [1.82, 2.24) is 5.06 Å². The molecule has 0 fully saturated rings. The maximum atomic E-state index is 9.47. The van der Waals surface area contributed by atoms with Gasteiger partial charge in [-0.15, -0.1) is 11.3 Å². The first-order valence-corrected chi connectivity index (χ1v) is 5.26. The van der Waals surface area contributed by atoms with Crippen molar-refractivity contribution < 1.29 is 9.94 Å². The largest absolute Gasteiger partial charge is 0.373 e. The van der Waals surface area contributed by atoms with Gasteiger partial charge in [0.1, 0.15) is 6.23 Å². The third kappa shape index (κ3) is 3.40. The molecule has 0 radical (unpaired) electrons. The van der Waals surface area contributed by atoms with Gasteiger partial charge in [0.2, 0.25) is 0 Å². The van der Waals surface area contributed by atoms with Crippen LogP contribution in [-0.2, 0) is 4.84 Å². The predicted octanol–water partition coefficient (Wildman–Crippen LogP) is 2.23. The monoisotopic (exact) mass is 233 g/mol. The number of aliphatic hydroxyl groups is 1. The average Bonchev–Trinajstić information content (AvgIpc) is 2.59. The first-order valence-electron chi connectivity index (χ1n) is 4.00. The van der Waals surface area contributed by atoms with Gasteiger partial charge in [-0.2, -0.15) is 5.06 Å². The van der Waals surface area contributed by atoms with Crippen molar-refractivity contribution in [1.29, 1.82) is 0 Å². The third-order valence-electron chi connectivity index (χ3n) is 1.68. The van der Waals surface area contributed by atoms with Crippen molar-refractivity contribution in [3.63, 3.8) is 0 Å². The summed E-state index contributed by atoms with van der Waals surface area (Å²) < 4.78 is 0. The van der Waals surface area contributed by atoms with Gasteiger partial charge in [0.05, 0.1) is 12.1 Å². The number of likely N-dealkylation sites (N-methyl/N-ethyl adjacent to an activating group) is 1. The minimum atomic E-state index is -0.749. The normalized spacial score (nSPS) is 14.1. The van der Waals surface area contributed by atoms with Crippen molar-refractivity contribution >= 4 is 29.0 Å². The lowest BCUT2D eigenvalue weighted by Gasteiger charge is -2.16. The van der Waals surface area contributed by atoms with E-state index in [9.17, 15) is 5.11 Å². The second-order valence-corrected chi connectivity index (χ2v) is 4.05. The second-order valence-electron chi connectivity index (χ2n) is 2.67. The summed E-state index contributed by atoms with van der Waals surface area (Å²) >= 11 is 7.27. The van der Waals surface area contributed by atoms with Gasteiger partial charge in [-0.05, 0) is 18.2 Å². The predicted molar refractivity (Wildman–Crippen MR) is 59.1 cm³/mol. The molecule has 1 aromatic rings. The minimum Gasteiger partial charge on any atom is -0.373 e. The van der Waals surface area contributed by atoms with Gasteiger partial charge in [0.25, 0.3) is 0 Å². The molecule has 1 rings (SSSR count). The molecule has 1 unspecified atom stereocenters. The first-order chi connectivity index (χ1) is 6.63. The number of rotatable bonds is 4. The molecule has 0 saturated heterocycles. The summed E-state index contributed by atoms with van der Waals surface area (Å²) in [5.41, 5.74) is 0. The summed E-state index contributed by atoms with van der Waals surface area (Å²) in [6.45, 7) is 0. The Balaban J connectivity index is 2.55. The molecular formula is C9H12ClNO2S. The van der Waals surface area contributed by atoms with Gasteiger partial charge in [-0.3, -0.25) is 4.84 Å². The Morgan fingerprint density at radius 1 is 1.71 bits per heavy atom. The molecule has 0 spiro atoms. The van der Waals surface area contributed by atoms with Crippen LogP contribution >= 0.6 is 22.9 Å². The highest BCUT2D eigenvalue weighted by Crippen LogP contribution is 2.20. The molecule has 1 atom stereocenters. The lowest BCUT2D eigenvalue weighted by Crippen LogP contribution is -2.28. The maximum Gasteiger partial charge on any atom is 0.148 e. The van der Waals surface area contributed by atoms with Gasteiger partial charge in [-0.1, -0.05) is 11.6 Å². The van der Waals surface area contributed by atoms with Crippen LogP contribution in [0.5, 0.6) is 0 Å². The van der Waals surface area contributed by atoms with Crippen LogP contribution in [0.15, 0.2) is 17.5 Å². The Morgan fingerprint density at radius 3 is 2.93 bits per heavy atom. The maximum absolute atomic E-state index is 9.47. The molecule has 5 heteroatoms. The van der Waals surface area contributed by atoms with Crippen LogP contribution < -0.4 is 0 Å². The van der Waals surface area contributed by atoms with E-state index in [0.717, 1.165) is 4.88 Å². The van der Waals surface area contributed by atoms with Gasteiger partial charge < -0.3 is 5.11 Å². The van der Waals surface area contributed by atoms with Crippen LogP contribution in [0, 0.1) is 0 Å². The summed E-state index contributed by atoms with van der Waals surface area (Å²) in [7, 11) is 3.15. The molecule has 0 aliphatic rings. The van der Waals surface area contributed by atoms with Crippen LogP contribution in [0.25, 0.3) is 6.08 Å². The topological polar surface area (TPSA) is 32.7 Å². The smallest absolute Gasteiger partial charge is 0.148 e. The lowest BCUT2D eigenvalue weighted by molar-refractivity contribution is -0.184. The fourth-order valence-corrected chi connectivity index (χ4v) is 1.81. The van der Waals surface area contributed by atoms with E-state index in [-0.39, 0.29) is 0 Å². The van der Waals surface area contributed by atoms with E-state index in [1.54, 1.807) is 19.2 Å². The number of nitrogens with zero attached hydrogens (tertiary/aromatic N) is 1. The molecule has 1 heterocycles. The highest BCUT2D eigenvalue weighted by atomic mass is 35.5. The van der Waals surface area contributed by atoms with Gasteiger partial charge in [0, 0.05) is 17.3 Å². The minimum absolute atomic E-state index is 0.712. The molecule has 0 amide bonds. The number of halogens is 1. The van der Waals surface area contributed by atoms with Crippen molar-refractivity contribution in [2.75, 3.05) is 14.2 Å². The SMILES string of the molecule is CON(C)C(O)/C=C/c1cc(Cl)cs1. The van der Waals surface area contributed by atoms with Crippen molar-refractivity contribution in [3.8, 4) is 0 Å². The van der Waals surface area contributed by atoms with Crippen LogP contribution in [-0.4, -0.2) is 30.6 Å². The van der Waals surface area contributed by atoms with Gasteiger partial charge in [0.15, 0.2) is 0 Å². The average molecular weight is 234 g/mol. The second kappa shape index (κ2) is 5.48. The van der Waals surface area contributed by atoms with E-state index in [1.807, 2.05) is 11.4 Å². The number of thiophene rings is 1. The first kappa shape index (κ1) is 11.7. The fourth-order valence-electron chi connectivity index (χ4n) is 0.826. The number of hydrogen-bond acceptors (Lipinski definition) is 4. The summed E-state index contributed by atoms with van der Waals surface area (Å²) in [6.07, 6.45) is 2.68. The van der Waals surface area contributed by atoms with Crippen molar-refractivity contribution in [3.05, 3.63) is 27.4 Å². The van der Waals surface area contributed by atoms with E-state index >= 15 is 0 Å². The van der Waals surface area contributed by atoms with E-state index < -0.39 is 6.23 Å². The summed E-state index contributed by atoms with van der Waals surface area (Å²) in [4.78, 5) is 5.81. The molecule has 0 aromatic carbocycles. The Bertz CT molecular complexity index is 314. The van der Waals surface area contributed by atoms with Crippen molar-refractivity contribution in [2.45, 2.75) is 6.23 Å². The zero-order valence-electron chi connectivity index (χ0n) is 7.98. The number of hydrogen-bond donors (Lipinski definition) is 1. The van der Waals surface area contributed by atoms with Crippen LogP contribution in [0.2, 0.25) is 5.02 Å². The molecule has 14 heavy (non-hydrogen) atoms.